The van der Waals surface area contributed by atoms with Crippen LogP contribution in [0.2, 0.25) is 0 Å². The van der Waals surface area contributed by atoms with E-state index >= 15 is 0 Å². The Balaban J connectivity index is 1.59. The lowest BCUT2D eigenvalue weighted by Gasteiger charge is -2.25. The van der Waals surface area contributed by atoms with Crippen molar-refractivity contribution in [3.63, 3.8) is 0 Å². The SMILES string of the molecule is NC1CCC2CN(C(=O)C(Sc3ccccc3F)c3ccccc3)CC12. The lowest BCUT2D eigenvalue weighted by atomic mass is 9.98. The zero-order valence-corrected chi connectivity index (χ0v) is 15.4. The molecule has 26 heavy (non-hydrogen) atoms. The summed E-state index contributed by atoms with van der Waals surface area (Å²) in [7, 11) is 0. The average molecular weight is 370 g/mol. The standard InChI is InChI=1S/C21H23FN2OS/c22-17-8-4-5-9-19(17)26-20(14-6-2-1-3-7-14)21(25)24-12-15-10-11-18(23)16(15)13-24/h1-9,15-16,18,20H,10-13,23H2. The van der Waals surface area contributed by atoms with Crippen molar-refractivity contribution in [2.24, 2.45) is 17.6 Å². The number of hydrogen-bond acceptors (Lipinski definition) is 3. The molecule has 0 radical (unpaired) electrons. The summed E-state index contributed by atoms with van der Waals surface area (Å²) in [6.45, 7) is 1.50. The van der Waals surface area contributed by atoms with Crippen LogP contribution in [0.4, 0.5) is 4.39 Å². The highest BCUT2D eigenvalue weighted by molar-refractivity contribution is 8.00. The van der Waals surface area contributed by atoms with Crippen molar-refractivity contribution in [2.45, 2.75) is 29.0 Å². The predicted octanol–water partition coefficient (Wildman–Crippen LogP) is 3.85. The molecule has 1 saturated carbocycles. The van der Waals surface area contributed by atoms with Gasteiger partial charge in [-0.25, -0.2) is 4.39 Å². The van der Waals surface area contributed by atoms with E-state index in [4.69, 9.17) is 5.73 Å². The second-order valence-electron chi connectivity index (χ2n) is 7.25. The number of amides is 1. The van der Waals surface area contributed by atoms with Crippen molar-refractivity contribution in [1.29, 1.82) is 0 Å². The van der Waals surface area contributed by atoms with Gasteiger partial charge in [0.05, 0.1) is 0 Å². The first kappa shape index (κ1) is 17.6. The minimum absolute atomic E-state index is 0.0612. The topological polar surface area (TPSA) is 46.3 Å². The van der Waals surface area contributed by atoms with Crippen LogP contribution in [0.1, 0.15) is 23.7 Å². The lowest BCUT2D eigenvalue weighted by Crippen LogP contribution is -2.35. The summed E-state index contributed by atoms with van der Waals surface area (Å²) in [5.74, 6) is 0.704. The monoisotopic (exact) mass is 370 g/mol. The molecule has 1 heterocycles. The quantitative estimate of drug-likeness (QED) is 0.832. The van der Waals surface area contributed by atoms with Crippen molar-refractivity contribution < 1.29 is 9.18 Å². The molecule has 136 valence electrons. The highest BCUT2D eigenvalue weighted by atomic mass is 32.2. The van der Waals surface area contributed by atoms with Gasteiger partial charge in [0.2, 0.25) is 5.91 Å². The average Bonchev–Trinajstić information content (AvgIpc) is 3.23. The van der Waals surface area contributed by atoms with Gasteiger partial charge in [-0.2, -0.15) is 0 Å². The minimum Gasteiger partial charge on any atom is -0.341 e. The van der Waals surface area contributed by atoms with Gasteiger partial charge < -0.3 is 10.6 Å². The molecule has 1 aliphatic heterocycles. The normalized spacial score (nSPS) is 25.9. The molecule has 2 aromatic rings. The number of likely N-dealkylation sites (tertiary alicyclic amines) is 1. The van der Waals surface area contributed by atoms with Crippen molar-refractivity contribution >= 4 is 17.7 Å². The smallest absolute Gasteiger partial charge is 0.240 e. The number of nitrogens with zero attached hydrogens (tertiary/aromatic N) is 1. The van der Waals surface area contributed by atoms with Crippen molar-refractivity contribution in [3.05, 3.63) is 66.0 Å². The van der Waals surface area contributed by atoms with Gasteiger partial charge in [-0.15, -0.1) is 11.8 Å². The van der Waals surface area contributed by atoms with Gasteiger partial charge in [-0.1, -0.05) is 42.5 Å². The van der Waals surface area contributed by atoms with Gasteiger partial charge >= 0.3 is 0 Å². The number of benzene rings is 2. The number of rotatable bonds is 4. The summed E-state index contributed by atoms with van der Waals surface area (Å²) < 4.78 is 14.2. The molecule has 1 saturated heterocycles. The first-order valence-corrected chi connectivity index (χ1v) is 10.0. The molecule has 1 amide bonds. The second kappa shape index (κ2) is 7.41. The molecule has 4 unspecified atom stereocenters. The zero-order chi connectivity index (χ0) is 18.1. The molecular weight excluding hydrogens is 347 g/mol. The van der Waals surface area contributed by atoms with Gasteiger partial charge in [0.1, 0.15) is 11.1 Å². The molecule has 2 aromatic carbocycles. The van der Waals surface area contributed by atoms with Gasteiger partial charge in [0.15, 0.2) is 0 Å². The fourth-order valence-corrected chi connectivity index (χ4v) is 5.34. The van der Waals surface area contributed by atoms with E-state index < -0.39 is 5.25 Å². The first-order chi connectivity index (χ1) is 12.6. The van der Waals surface area contributed by atoms with Crippen LogP contribution >= 0.6 is 11.8 Å². The molecule has 5 heteroatoms. The fraction of sp³-hybridized carbons (Fsp3) is 0.381. The van der Waals surface area contributed by atoms with Crippen LogP contribution in [0.25, 0.3) is 0 Å². The van der Waals surface area contributed by atoms with E-state index in [1.165, 1.54) is 17.8 Å². The molecular formula is C21H23FN2OS. The van der Waals surface area contributed by atoms with Crippen LogP contribution < -0.4 is 5.73 Å². The van der Waals surface area contributed by atoms with Gasteiger partial charge in [0, 0.05) is 24.0 Å². The number of hydrogen-bond donors (Lipinski definition) is 1. The highest BCUT2D eigenvalue weighted by Gasteiger charge is 2.44. The summed E-state index contributed by atoms with van der Waals surface area (Å²) >= 11 is 1.29. The summed E-state index contributed by atoms with van der Waals surface area (Å²) in [4.78, 5) is 15.8. The van der Waals surface area contributed by atoms with Gasteiger partial charge in [-0.3, -0.25) is 4.79 Å². The Kier molecular flexibility index (Phi) is 5.00. The van der Waals surface area contributed by atoms with Crippen LogP contribution in [0.3, 0.4) is 0 Å². The molecule has 2 N–H and O–H groups in total. The predicted molar refractivity (Wildman–Crippen MR) is 102 cm³/mol. The number of nitrogens with two attached hydrogens (primary N) is 1. The van der Waals surface area contributed by atoms with Crippen LogP contribution in [-0.4, -0.2) is 29.9 Å². The third-order valence-electron chi connectivity index (χ3n) is 5.63. The third-order valence-corrected chi connectivity index (χ3v) is 6.93. The van der Waals surface area contributed by atoms with Crippen LogP contribution in [-0.2, 0) is 4.79 Å². The second-order valence-corrected chi connectivity index (χ2v) is 8.39. The first-order valence-electron chi connectivity index (χ1n) is 9.14. The van der Waals surface area contributed by atoms with Crippen LogP contribution in [0.15, 0.2) is 59.5 Å². The maximum Gasteiger partial charge on any atom is 0.240 e. The number of fused-ring (bicyclic) bond motifs is 1. The molecule has 3 nitrogen and oxygen atoms in total. The van der Waals surface area contributed by atoms with Crippen molar-refractivity contribution in [3.8, 4) is 0 Å². The van der Waals surface area contributed by atoms with E-state index in [2.05, 4.69) is 0 Å². The molecule has 2 aliphatic rings. The van der Waals surface area contributed by atoms with E-state index in [-0.39, 0.29) is 17.8 Å². The Hall–Kier alpha value is -1.85. The summed E-state index contributed by atoms with van der Waals surface area (Å²) in [6.07, 6.45) is 2.16. The molecule has 0 bridgehead atoms. The number of halogens is 1. The number of carbonyl (C=O) groups is 1. The van der Waals surface area contributed by atoms with E-state index in [9.17, 15) is 9.18 Å². The Bertz CT molecular complexity index is 785. The van der Waals surface area contributed by atoms with Gasteiger partial charge in [0.25, 0.3) is 0 Å². The van der Waals surface area contributed by atoms with Crippen LogP contribution in [0.5, 0.6) is 0 Å². The lowest BCUT2D eigenvalue weighted by molar-refractivity contribution is -0.130. The summed E-state index contributed by atoms with van der Waals surface area (Å²) in [6, 6.07) is 16.5. The minimum atomic E-state index is -0.442. The Morgan fingerprint density at radius 1 is 1.08 bits per heavy atom. The number of thioether (sulfide) groups is 1. The Morgan fingerprint density at radius 2 is 1.81 bits per heavy atom. The molecule has 1 aliphatic carbocycles. The van der Waals surface area contributed by atoms with E-state index in [0.29, 0.717) is 16.7 Å². The van der Waals surface area contributed by atoms with E-state index in [0.717, 1.165) is 31.5 Å². The maximum atomic E-state index is 14.2. The largest absolute Gasteiger partial charge is 0.341 e. The van der Waals surface area contributed by atoms with E-state index in [1.807, 2.05) is 35.2 Å². The molecule has 0 aromatic heterocycles. The Morgan fingerprint density at radius 3 is 2.54 bits per heavy atom. The summed E-state index contributed by atoms with van der Waals surface area (Å²) in [5.41, 5.74) is 7.13. The van der Waals surface area contributed by atoms with Crippen molar-refractivity contribution in [2.75, 3.05) is 13.1 Å². The van der Waals surface area contributed by atoms with E-state index in [1.54, 1.807) is 18.2 Å². The molecule has 4 rings (SSSR count). The zero-order valence-electron chi connectivity index (χ0n) is 14.6. The molecule has 4 atom stereocenters. The third kappa shape index (κ3) is 3.38. The highest BCUT2D eigenvalue weighted by Crippen LogP contribution is 2.42. The Labute approximate surface area is 157 Å². The number of carbonyl (C=O) groups excluding carboxylic acids is 1. The summed E-state index contributed by atoms with van der Waals surface area (Å²) in [5, 5.41) is -0.442. The molecule has 2 fully saturated rings. The van der Waals surface area contributed by atoms with Gasteiger partial charge in [-0.05, 0) is 42.4 Å². The van der Waals surface area contributed by atoms with Crippen LogP contribution in [0, 0.1) is 17.7 Å². The van der Waals surface area contributed by atoms with Crippen molar-refractivity contribution in [1.82, 2.24) is 4.90 Å². The maximum absolute atomic E-state index is 14.2. The fourth-order valence-electron chi connectivity index (χ4n) is 4.21. The molecule has 0 spiro atoms.